The van der Waals surface area contributed by atoms with E-state index in [0.717, 1.165) is 43.9 Å². The van der Waals surface area contributed by atoms with Crippen LogP contribution in [0.2, 0.25) is 0 Å². The van der Waals surface area contributed by atoms with Crippen LogP contribution in [0.5, 0.6) is 11.5 Å². The molecule has 0 spiro atoms. The van der Waals surface area contributed by atoms with Crippen LogP contribution in [0.25, 0.3) is 22.3 Å². The number of aromatic nitrogens is 4. The fourth-order valence-corrected chi connectivity index (χ4v) is 5.07. The van der Waals surface area contributed by atoms with E-state index in [-0.39, 0.29) is 29.1 Å². The molecule has 6 rings (SSSR count). The summed E-state index contributed by atoms with van der Waals surface area (Å²) >= 11 is 0. The number of nitrogen functional groups attached to an aromatic ring is 1. The number of likely N-dealkylation sites (tertiary alicyclic amines) is 1. The number of carbonyl (C=O) groups excluding carboxylic acids is 1. The van der Waals surface area contributed by atoms with E-state index in [1.165, 1.54) is 6.33 Å². The van der Waals surface area contributed by atoms with Gasteiger partial charge in [0.15, 0.2) is 5.65 Å². The molecule has 2 aromatic heterocycles. The second-order valence-electron chi connectivity index (χ2n) is 10.0. The van der Waals surface area contributed by atoms with Crippen molar-refractivity contribution in [1.82, 2.24) is 24.6 Å². The number of fused-ring (bicyclic) bond motifs is 1. The molecule has 40 heavy (non-hydrogen) atoms. The van der Waals surface area contributed by atoms with Crippen LogP contribution in [-0.2, 0) is 11.3 Å². The summed E-state index contributed by atoms with van der Waals surface area (Å²) in [6.45, 7) is 0.959. The van der Waals surface area contributed by atoms with Crippen LogP contribution in [0.1, 0.15) is 25.7 Å². The number of hydrogen-bond acceptors (Lipinski definition) is 7. The number of nitriles is 1. The Labute approximate surface area is 228 Å². The van der Waals surface area contributed by atoms with Crippen molar-refractivity contribution >= 4 is 22.8 Å². The van der Waals surface area contributed by atoms with Gasteiger partial charge in [-0.25, -0.2) is 23.4 Å². The first kappa shape index (κ1) is 25.4. The fraction of sp³-hybridized carbons (Fsp3) is 0.276. The number of carbonyl (C=O) groups is 1. The Balaban J connectivity index is 1.28. The molecule has 1 amide bonds. The second kappa shape index (κ2) is 10.4. The Bertz CT molecular complexity index is 1650. The average Bonchev–Trinajstić information content (AvgIpc) is 3.51. The summed E-state index contributed by atoms with van der Waals surface area (Å²) in [5.74, 6) is -0.691. The zero-order valence-corrected chi connectivity index (χ0v) is 21.4. The van der Waals surface area contributed by atoms with Crippen molar-refractivity contribution in [1.29, 1.82) is 5.26 Å². The zero-order chi connectivity index (χ0) is 27.8. The van der Waals surface area contributed by atoms with E-state index < -0.39 is 11.6 Å². The molecule has 1 aliphatic heterocycles. The van der Waals surface area contributed by atoms with Crippen LogP contribution in [0.15, 0.2) is 60.4 Å². The largest absolute Gasteiger partial charge is 0.457 e. The maximum atomic E-state index is 13.5. The quantitative estimate of drug-likeness (QED) is 0.258. The third-order valence-electron chi connectivity index (χ3n) is 7.16. The van der Waals surface area contributed by atoms with E-state index in [9.17, 15) is 18.8 Å². The maximum Gasteiger partial charge on any atom is 0.264 e. The van der Waals surface area contributed by atoms with Crippen molar-refractivity contribution in [3.05, 3.63) is 72.1 Å². The number of rotatable bonds is 7. The van der Waals surface area contributed by atoms with Gasteiger partial charge in [0.25, 0.3) is 5.91 Å². The van der Waals surface area contributed by atoms with E-state index in [2.05, 4.69) is 16.0 Å². The van der Waals surface area contributed by atoms with Crippen molar-refractivity contribution in [2.24, 2.45) is 5.92 Å². The lowest BCUT2D eigenvalue weighted by atomic mass is 10.1. The van der Waals surface area contributed by atoms with E-state index in [1.54, 1.807) is 39.9 Å². The number of anilines is 1. The molecule has 9 nitrogen and oxygen atoms in total. The van der Waals surface area contributed by atoms with Gasteiger partial charge in [0.1, 0.15) is 52.6 Å². The number of benzene rings is 2. The van der Waals surface area contributed by atoms with Crippen LogP contribution < -0.4 is 10.5 Å². The molecule has 0 radical (unpaired) electrons. The lowest BCUT2D eigenvalue weighted by Crippen LogP contribution is -2.39. The molecule has 1 aliphatic carbocycles. The highest BCUT2D eigenvalue weighted by Gasteiger charge is 2.33. The van der Waals surface area contributed by atoms with Gasteiger partial charge in [-0.15, -0.1) is 0 Å². The molecule has 11 heteroatoms. The molecule has 2 aliphatic rings. The van der Waals surface area contributed by atoms with E-state index in [1.807, 2.05) is 0 Å². The van der Waals surface area contributed by atoms with Gasteiger partial charge < -0.3 is 15.4 Å². The Kier molecular flexibility index (Phi) is 6.59. The summed E-state index contributed by atoms with van der Waals surface area (Å²) < 4.78 is 34.4. The molecule has 1 saturated heterocycles. The maximum absolute atomic E-state index is 13.5. The number of nitrogens with two attached hydrogens (primary N) is 1. The minimum absolute atomic E-state index is 0.0415. The minimum Gasteiger partial charge on any atom is -0.457 e. The standard InChI is InChI=1S/C29H25F2N7O2/c30-20-11-21(31)13-24(12-20)40-23-7-5-18(6-8-23)26-25-27(33)34-16-35-28(25)38(36-26)15-22-2-1-9-37(22)29(39)19(14-32)10-17-3-4-17/h5-8,10-13,16-17,22H,1-4,9,15H2,(H2,33,34,35)/b19-10+/t22-/m0/s1. The highest BCUT2D eigenvalue weighted by molar-refractivity contribution is 5.99. The molecule has 202 valence electrons. The van der Waals surface area contributed by atoms with Gasteiger partial charge in [-0.1, -0.05) is 6.08 Å². The Morgan fingerprint density at radius 2 is 1.85 bits per heavy atom. The lowest BCUT2D eigenvalue weighted by Gasteiger charge is -2.24. The highest BCUT2D eigenvalue weighted by Crippen LogP contribution is 2.34. The van der Waals surface area contributed by atoms with Crippen LogP contribution in [0.4, 0.5) is 14.6 Å². The van der Waals surface area contributed by atoms with Gasteiger partial charge in [-0.05, 0) is 55.9 Å². The smallest absolute Gasteiger partial charge is 0.264 e. The third-order valence-corrected chi connectivity index (χ3v) is 7.16. The number of halogens is 2. The van der Waals surface area contributed by atoms with Gasteiger partial charge >= 0.3 is 0 Å². The van der Waals surface area contributed by atoms with Crippen LogP contribution in [0.3, 0.4) is 0 Å². The van der Waals surface area contributed by atoms with E-state index >= 15 is 0 Å². The van der Waals surface area contributed by atoms with Crippen molar-refractivity contribution in [2.45, 2.75) is 38.3 Å². The molecular formula is C29H25F2N7O2. The predicted molar refractivity (Wildman–Crippen MR) is 143 cm³/mol. The monoisotopic (exact) mass is 541 g/mol. The van der Waals surface area contributed by atoms with Crippen molar-refractivity contribution in [3.63, 3.8) is 0 Å². The molecule has 1 saturated carbocycles. The summed E-state index contributed by atoms with van der Waals surface area (Å²) in [7, 11) is 0. The van der Waals surface area contributed by atoms with Gasteiger partial charge in [0.05, 0.1) is 18.0 Å². The summed E-state index contributed by atoms with van der Waals surface area (Å²) in [5, 5.41) is 15.0. The van der Waals surface area contributed by atoms with Crippen molar-refractivity contribution in [2.75, 3.05) is 12.3 Å². The molecule has 0 unspecified atom stereocenters. The number of nitrogens with zero attached hydrogens (tertiary/aromatic N) is 6. The zero-order valence-electron chi connectivity index (χ0n) is 21.4. The minimum atomic E-state index is -0.732. The SMILES string of the molecule is N#C/C(=C\C1CC1)C(=O)N1CCC[C@H]1Cn1nc(-c2ccc(Oc3cc(F)cc(F)c3)cc2)c2c(N)ncnc21. The summed E-state index contributed by atoms with van der Waals surface area (Å²) in [4.78, 5) is 23.5. The van der Waals surface area contributed by atoms with E-state index in [0.29, 0.717) is 47.0 Å². The van der Waals surface area contributed by atoms with Gasteiger partial charge in [-0.3, -0.25) is 4.79 Å². The molecule has 2 N–H and O–H groups in total. The number of hydrogen-bond donors (Lipinski definition) is 1. The third kappa shape index (κ3) is 5.08. The average molecular weight is 542 g/mol. The summed E-state index contributed by atoms with van der Waals surface area (Å²) in [6, 6.07) is 11.8. The predicted octanol–water partition coefficient (Wildman–Crippen LogP) is 5.00. The Morgan fingerprint density at radius 3 is 2.55 bits per heavy atom. The first-order chi connectivity index (χ1) is 19.4. The van der Waals surface area contributed by atoms with Crippen molar-refractivity contribution < 1.29 is 18.3 Å². The van der Waals surface area contributed by atoms with Gasteiger partial charge in [-0.2, -0.15) is 10.4 Å². The van der Waals surface area contributed by atoms with Crippen LogP contribution >= 0.6 is 0 Å². The van der Waals surface area contributed by atoms with Crippen LogP contribution in [-0.4, -0.2) is 43.1 Å². The Morgan fingerprint density at radius 1 is 1.10 bits per heavy atom. The van der Waals surface area contributed by atoms with Crippen LogP contribution in [0, 0.1) is 28.9 Å². The molecule has 4 aromatic rings. The highest BCUT2D eigenvalue weighted by atomic mass is 19.1. The first-order valence-corrected chi connectivity index (χ1v) is 13.0. The normalized spacial score (nSPS) is 17.3. The fourth-order valence-electron chi connectivity index (χ4n) is 5.07. The molecule has 0 bridgehead atoms. The summed E-state index contributed by atoms with van der Waals surface area (Å²) in [6.07, 6.45) is 6.81. The summed E-state index contributed by atoms with van der Waals surface area (Å²) in [5.41, 5.74) is 8.26. The molecule has 3 heterocycles. The Hall–Kier alpha value is -4.85. The number of ether oxygens (including phenoxy) is 1. The second-order valence-corrected chi connectivity index (χ2v) is 10.0. The lowest BCUT2D eigenvalue weighted by molar-refractivity contribution is -0.127. The number of amides is 1. The molecule has 2 aromatic carbocycles. The van der Waals surface area contributed by atoms with Gasteiger partial charge in [0.2, 0.25) is 0 Å². The topological polar surface area (TPSA) is 123 Å². The van der Waals surface area contributed by atoms with E-state index in [4.69, 9.17) is 15.6 Å². The van der Waals surface area contributed by atoms with Gasteiger partial charge in [0, 0.05) is 30.3 Å². The molecular weight excluding hydrogens is 516 g/mol. The molecule has 2 fully saturated rings. The first-order valence-electron chi connectivity index (χ1n) is 13.0. The number of allylic oxidation sites excluding steroid dienone is 1. The molecule has 1 atom stereocenters. The van der Waals surface area contributed by atoms with Crippen molar-refractivity contribution in [3.8, 4) is 28.8 Å².